The molecule has 1 heterocycles. The van der Waals surface area contributed by atoms with Crippen molar-refractivity contribution in [3.8, 4) is 5.88 Å². The van der Waals surface area contributed by atoms with Crippen LogP contribution in [0.25, 0.3) is 0 Å². The van der Waals surface area contributed by atoms with Crippen LogP contribution in [0.3, 0.4) is 0 Å². The number of hydrogen-bond donors (Lipinski definition) is 0. The predicted molar refractivity (Wildman–Crippen MR) is 52.1 cm³/mol. The summed E-state index contributed by atoms with van der Waals surface area (Å²) in [6, 6.07) is 5.60. The van der Waals surface area contributed by atoms with E-state index in [-0.39, 0.29) is 6.10 Å². The molecule has 1 aromatic heterocycles. The van der Waals surface area contributed by atoms with Gasteiger partial charge in [0.1, 0.15) is 11.9 Å². The number of ether oxygens (including phenoxy) is 1. The highest BCUT2D eigenvalue weighted by molar-refractivity contribution is 5.79. The number of ketones is 1. The number of carbonyl (C=O) groups excluding carboxylic acids is 1. The van der Waals surface area contributed by atoms with E-state index in [2.05, 4.69) is 4.98 Å². The first-order chi connectivity index (χ1) is 6.84. The van der Waals surface area contributed by atoms with Crippen LogP contribution in [0.1, 0.15) is 25.7 Å². The number of rotatable bonds is 2. The Hall–Kier alpha value is -1.38. The molecule has 3 heteroatoms. The minimum atomic E-state index is 0.169. The lowest BCUT2D eigenvalue weighted by molar-refractivity contribution is -0.121. The van der Waals surface area contributed by atoms with E-state index in [1.807, 2.05) is 18.2 Å². The van der Waals surface area contributed by atoms with E-state index in [1.165, 1.54) is 0 Å². The molecule has 3 nitrogen and oxygen atoms in total. The zero-order valence-corrected chi connectivity index (χ0v) is 7.98. The molecule has 14 heavy (non-hydrogen) atoms. The summed E-state index contributed by atoms with van der Waals surface area (Å²) in [6.45, 7) is 0. The summed E-state index contributed by atoms with van der Waals surface area (Å²) < 4.78 is 5.64. The van der Waals surface area contributed by atoms with Crippen LogP contribution in [0.15, 0.2) is 24.4 Å². The summed E-state index contributed by atoms with van der Waals surface area (Å²) in [7, 11) is 0. The van der Waals surface area contributed by atoms with Crippen molar-refractivity contribution in [1.82, 2.24) is 4.98 Å². The Morgan fingerprint density at radius 1 is 1.29 bits per heavy atom. The average molecular weight is 191 g/mol. The molecule has 0 N–H and O–H groups in total. The highest BCUT2D eigenvalue weighted by Gasteiger charge is 2.19. The Balaban J connectivity index is 1.89. The zero-order valence-electron chi connectivity index (χ0n) is 7.98. The first kappa shape index (κ1) is 9.19. The third kappa shape index (κ3) is 2.31. The zero-order chi connectivity index (χ0) is 9.80. The molecule has 2 rings (SSSR count). The van der Waals surface area contributed by atoms with Crippen LogP contribution in [0, 0.1) is 0 Å². The topological polar surface area (TPSA) is 39.2 Å². The fourth-order valence-corrected chi connectivity index (χ4v) is 1.62. The smallest absolute Gasteiger partial charge is 0.213 e. The summed E-state index contributed by atoms with van der Waals surface area (Å²) in [5.41, 5.74) is 0. The second-order valence-corrected chi connectivity index (χ2v) is 3.52. The van der Waals surface area contributed by atoms with E-state index >= 15 is 0 Å². The van der Waals surface area contributed by atoms with Crippen LogP contribution in [-0.4, -0.2) is 16.9 Å². The standard InChI is InChI=1S/C11H13NO2/c13-9-4-6-10(7-5-9)14-11-3-1-2-8-12-11/h1-3,8,10H,4-7H2. The minimum Gasteiger partial charge on any atom is -0.474 e. The lowest BCUT2D eigenvalue weighted by Crippen LogP contribution is -2.24. The number of aromatic nitrogens is 1. The summed E-state index contributed by atoms with van der Waals surface area (Å²) >= 11 is 0. The van der Waals surface area contributed by atoms with Crippen LogP contribution >= 0.6 is 0 Å². The van der Waals surface area contributed by atoms with E-state index in [4.69, 9.17) is 4.74 Å². The first-order valence-corrected chi connectivity index (χ1v) is 4.94. The summed E-state index contributed by atoms with van der Waals surface area (Å²) in [4.78, 5) is 15.1. The van der Waals surface area contributed by atoms with Crippen molar-refractivity contribution in [3.63, 3.8) is 0 Å². The Morgan fingerprint density at radius 2 is 2.07 bits per heavy atom. The van der Waals surface area contributed by atoms with Gasteiger partial charge >= 0.3 is 0 Å². The van der Waals surface area contributed by atoms with Crippen LogP contribution in [0.4, 0.5) is 0 Å². The molecule has 0 atom stereocenters. The van der Waals surface area contributed by atoms with Crippen molar-refractivity contribution in [3.05, 3.63) is 24.4 Å². The average Bonchev–Trinajstić information content (AvgIpc) is 2.23. The normalized spacial score (nSPS) is 18.1. The number of carbonyl (C=O) groups is 1. The van der Waals surface area contributed by atoms with E-state index in [0.717, 1.165) is 12.8 Å². The first-order valence-electron chi connectivity index (χ1n) is 4.94. The van der Waals surface area contributed by atoms with Crippen molar-refractivity contribution >= 4 is 5.78 Å². The molecule has 0 aliphatic heterocycles. The fourth-order valence-electron chi connectivity index (χ4n) is 1.62. The van der Waals surface area contributed by atoms with Crippen LogP contribution in [0.5, 0.6) is 5.88 Å². The van der Waals surface area contributed by atoms with Crippen molar-refractivity contribution in [1.29, 1.82) is 0 Å². The molecule has 1 aliphatic carbocycles. The third-order valence-electron chi connectivity index (χ3n) is 2.42. The molecule has 1 fully saturated rings. The minimum absolute atomic E-state index is 0.169. The van der Waals surface area contributed by atoms with Gasteiger partial charge in [0.15, 0.2) is 0 Å². The van der Waals surface area contributed by atoms with Gasteiger partial charge in [-0.1, -0.05) is 6.07 Å². The quantitative estimate of drug-likeness (QED) is 0.717. The Labute approximate surface area is 83.1 Å². The maximum atomic E-state index is 11.0. The van der Waals surface area contributed by atoms with Gasteiger partial charge in [0.05, 0.1) is 0 Å². The Kier molecular flexibility index (Phi) is 2.77. The van der Waals surface area contributed by atoms with Gasteiger partial charge in [0.25, 0.3) is 0 Å². The van der Waals surface area contributed by atoms with E-state index in [9.17, 15) is 4.79 Å². The number of pyridine rings is 1. The van der Waals surface area contributed by atoms with Gasteiger partial charge in [0.2, 0.25) is 5.88 Å². The molecular weight excluding hydrogens is 178 g/mol. The molecule has 0 aromatic carbocycles. The second-order valence-electron chi connectivity index (χ2n) is 3.52. The van der Waals surface area contributed by atoms with Crippen LogP contribution < -0.4 is 4.74 Å². The van der Waals surface area contributed by atoms with Crippen molar-refractivity contribution in [2.75, 3.05) is 0 Å². The van der Waals surface area contributed by atoms with Gasteiger partial charge in [-0.25, -0.2) is 4.98 Å². The predicted octanol–water partition coefficient (Wildman–Crippen LogP) is 1.97. The number of Topliss-reactive ketones (excluding diaryl/α,β-unsaturated/α-hetero) is 1. The maximum absolute atomic E-state index is 11.0. The lowest BCUT2D eigenvalue weighted by Gasteiger charge is -2.21. The maximum Gasteiger partial charge on any atom is 0.213 e. The lowest BCUT2D eigenvalue weighted by atomic mass is 9.96. The molecule has 1 aromatic rings. The molecule has 0 bridgehead atoms. The third-order valence-corrected chi connectivity index (χ3v) is 2.42. The van der Waals surface area contributed by atoms with Gasteiger partial charge in [-0.2, -0.15) is 0 Å². The number of nitrogens with zero attached hydrogens (tertiary/aromatic N) is 1. The molecule has 0 saturated heterocycles. The van der Waals surface area contributed by atoms with Crippen molar-refractivity contribution < 1.29 is 9.53 Å². The van der Waals surface area contributed by atoms with Gasteiger partial charge in [-0.3, -0.25) is 4.79 Å². The molecule has 1 aliphatic rings. The van der Waals surface area contributed by atoms with Crippen molar-refractivity contribution in [2.24, 2.45) is 0 Å². The molecule has 0 amide bonds. The second kappa shape index (κ2) is 4.22. The Bertz CT molecular complexity index is 300. The van der Waals surface area contributed by atoms with Gasteiger partial charge < -0.3 is 4.74 Å². The van der Waals surface area contributed by atoms with E-state index < -0.39 is 0 Å². The van der Waals surface area contributed by atoms with Crippen molar-refractivity contribution in [2.45, 2.75) is 31.8 Å². The SMILES string of the molecule is O=C1CCC(Oc2ccccn2)CC1. The van der Waals surface area contributed by atoms with E-state index in [1.54, 1.807) is 6.20 Å². The van der Waals surface area contributed by atoms with Gasteiger partial charge in [-0.15, -0.1) is 0 Å². The van der Waals surface area contributed by atoms with E-state index in [0.29, 0.717) is 24.5 Å². The summed E-state index contributed by atoms with van der Waals surface area (Å²) in [5.74, 6) is 1.01. The monoisotopic (exact) mass is 191 g/mol. The van der Waals surface area contributed by atoms with Crippen LogP contribution in [-0.2, 0) is 4.79 Å². The molecule has 1 saturated carbocycles. The molecule has 0 unspecified atom stereocenters. The molecular formula is C11H13NO2. The summed E-state index contributed by atoms with van der Waals surface area (Å²) in [5, 5.41) is 0. The number of hydrogen-bond acceptors (Lipinski definition) is 3. The molecule has 0 spiro atoms. The highest BCUT2D eigenvalue weighted by Crippen LogP contribution is 2.19. The van der Waals surface area contributed by atoms with Gasteiger partial charge in [-0.05, 0) is 18.9 Å². The summed E-state index contributed by atoms with van der Waals surface area (Å²) in [6.07, 6.45) is 4.84. The van der Waals surface area contributed by atoms with Gasteiger partial charge in [0, 0.05) is 25.1 Å². The highest BCUT2D eigenvalue weighted by atomic mass is 16.5. The molecule has 0 radical (unpaired) electrons. The fraction of sp³-hybridized carbons (Fsp3) is 0.455. The Morgan fingerprint density at radius 3 is 2.71 bits per heavy atom. The largest absolute Gasteiger partial charge is 0.474 e. The molecule has 74 valence electrons. The van der Waals surface area contributed by atoms with Crippen LogP contribution in [0.2, 0.25) is 0 Å².